The molecule has 0 radical (unpaired) electrons. The number of hydrogen-bond donors (Lipinski definition) is 2. The molecule has 0 aromatic heterocycles. The average Bonchev–Trinajstić information content (AvgIpc) is 2.77. The van der Waals surface area contributed by atoms with Gasteiger partial charge in [0.25, 0.3) is 5.91 Å². The molecule has 1 heterocycles. The van der Waals surface area contributed by atoms with Gasteiger partial charge < -0.3 is 15.4 Å². The number of anilines is 1. The zero-order valence-corrected chi connectivity index (χ0v) is 18.7. The Morgan fingerprint density at radius 3 is 2.84 bits per heavy atom. The van der Waals surface area contributed by atoms with E-state index in [1.165, 1.54) is 0 Å². The quantitative estimate of drug-likeness (QED) is 0.575. The Morgan fingerprint density at radius 1 is 1.19 bits per heavy atom. The standard InChI is InChI=1S/C24H30ClN3O3/c1-31-14-6-12-26-24(30)21-10-2-3-11-22(21)27-23(29)19-8-5-13-28(17-19)16-18-7-4-9-20(25)15-18/h2-4,7,9-11,15,19H,5-6,8,12-14,16-17H2,1H3,(H,26,30)(H,27,29). The lowest BCUT2D eigenvalue weighted by Gasteiger charge is -2.32. The van der Waals surface area contributed by atoms with Gasteiger partial charge >= 0.3 is 0 Å². The van der Waals surface area contributed by atoms with Crippen molar-refractivity contribution in [1.82, 2.24) is 10.2 Å². The van der Waals surface area contributed by atoms with Gasteiger partial charge in [0.05, 0.1) is 17.2 Å². The summed E-state index contributed by atoms with van der Waals surface area (Å²) in [6, 6.07) is 15.0. The Labute approximate surface area is 188 Å². The lowest BCUT2D eigenvalue weighted by molar-refractivity contribution is -0.121. The number of piperidine rings is 1. The molecule has 0 bridgehead atoms. The third-order valence-corrected chi connectivity index (χ3v) is 5.65. The minimum atomic E-state index is -0.196. The third-order valence-electron chi connectivity index (χ3n) is 5.41. The molecular weight excluding hydrogens is 414 g/mol. The largest absolute Gasteiger partial charge is 0.385 e. The molecule has 2 aromatic rings. The molecule has 0 saturated carbocycles. The molecule has 2 aromatic carbocycles. The first-order valence-corrected chi connectivity index (χ1v) is 11.1. The number of carbonyl (C=O) groups excluding carboxylic acids is 2. The van der Waals surface area contributed by atoms with Gasteiger partial charge in [-0.15, -0.1) is 0 Å². The monoisotopic (exact) mass is 443 g/mol. The molecule has 1 aliphatic heterocycles. The SMILES string of the molecule is COCCCNC(=O)c1ccccc1NC(=O)C1CCCN(Cc2cccc(Cl)c2)C1. The van der Waals surface area contributed by atoms with Gasteiger partial charge in [0.2, 0.25) is 5.91 Å². The van der Waals surface area contributed by atoms with Crippen LogP contribution in [0.2, 0.25) is 5.02 Å². The Kier molecular flexibility index (Phi) is 8.88. The number of hydrogen-bond acceptors (Lipinski definition) is 4. The lowest BCUT2D eigenvalue weighted by Crippen LogP contribution is -2.40. The van der Waals surface area contributed by atoms with Crippen LogP contribution in [0.4, 0.5) is 5.69 Å². The summed E-state index contributed by atoms with van der Waals surface area (Å²) in [5, 5.41) is 6.58. The predicted octanol–water partition coefficient (Wildman–Crippen LogP) is 3.96. The number of nitrogens with one attached hydrogen (secondary N) is 2. The number of rotatable bonds is 9. The molecule has 31 heavy (non-hydrogen) atoms. The second-order valence-corrected chi connectivity index (χ2v) is 8.28. The minimum absolute atomic E-state index is 0.0459. The second kappa shape index (κ2) is 11.8. The van der Waals surface area contributed by atoms with Crippen molar-refractivity contribution in [2.75, 3.05) is 38.7 Å². The lowest BCUT2D eigenvalue weighted by atomic mass is 9.96. The molecular formula is C24H30ClN3O3. The molecule has 3 rings (SSSR count). The summed E-state index contributed by atoms with van der Waals surface area (Å²) in [4.78, 5) is 27.8. The van der Waals surface area contributed by atoms with Crippen LogP contribution in [0.25, 0.3) is 0 Å². The number of halogens is 1. The van der Waals surface area contributed by atoms with E-state index in [1.54, 1.807) is 25.3 Å². The van der Waals surface area contributed by atoms with Gasteiger partial charge in [-0.1, -0.05) is 35.9 Å². The highest BCUT2D eigenvalue weighted by Gasteiger charge is 2.26. The van der Waals surface area contributed by atoms with Crippen molar-refractivity contribution in [3.05, 3.63) is 64.7 Å². The number of nitrogens with zero attached hydrogens (tertiary/aromatic N) is 1. The van der Waals surface area contributed by atoms with Crippen LogP contribution < -0.4 is 10.6 Å². The first kappa shape index (κ1) is 23.3. The van der Waals surface area contributed by atoms with Crippen molar-refractivity contribution in [3.63, 3.8) is 0 Å². The Balaban J connectivity index is 1.59. The van der Waals surface area contributed by atoms with E-state index in [-0.39, 0.29) is 17.7 Å². The van der Waals surface area contributed by atoms with Crippen LogP contribution in [0.1, 0.15) is 35.2 Å². The number of amides is 2. The highest BCUT2D eigenvalue weighted by molar-refractivity contribution is 6.30. The minimum Gasteiger partial charge on any atom is -0.385 e. The van der Waals surface area contributed by atoms with E-state index >= 15 is 0 Å². The summed E-state index contributed by atoms with van der Waals surface area (Å²) >= 11 is 6.10. The maximum absolute atomic E-state index is 13.0. The highest BCUT2D eigenvalue weighted by atomic mass is 35.5. The third kappa shape index (κ3) is 7.06. The average molecular weight is 444 g/mol. The van der Waals surface area contributed by atoms with Gasteiger partial charge in [0.15, 0.2) is 0 Å². The smallest absolute Gasteiger partial charge is 0.253 e. The van der Waals surface area contributed by atoms with Gasteiger partial charge in [-0.25, -0.2) is 0 Å². The zero-order valence-electron chi connectivity index (χ0n) is 17.9. The van der Waals surface area contributed by atoms with E-state index in [1.807, 2.05) is 24.3 Å². The fourth-order valence-electron chi connectivity index (χ4n) is 3.85. The van der Waals surface area contributed by atoms with Crippen LogP contribution in [0.3, 0.4) is 0 Å². The van der Waals surface area contributed by atoms with Crippen molar-refractivity contribution in [2.24, 2.45) is 5.92 Å². The molecule has 1 atom stereocenters. The van der Waals surface area contributed by atoms with Crippen LogP contribution in [0.15, 0.2) is 48.5 Å². The molecule has 0 spiro atoms. The van der Waals surface area contributed by atoms with Crippen molar-refractivity contribution >= 4 is 29.1 Å². The molecule has 166 valence electrons. The second-order valence-electron chi connectivity index (χ2n) is 7.84. The number of para-hydroxylation sites is 1. The van der Waals surface area contributed by atoms with E-state index in [4.69, 9.17) is 16.3 Å². The Morgan fingerprint density at radius 2 is 2.03 bits per heavy atom. The summed E-state index contributed by atoms with van der Waals surface area (Å²) in [6.07, 6.45) is 2.53. The molecule has 1 aliphatic rings. The van der Waals surface area contributed by atoms with Gasteiger partial charge in [-0.3, -0.25) is 14.5 Å². The van der Waals surface area contributed by atoms with Gasteiger partial charge in [-0.05, 0) is 55.6 Å². The fraction of sp³-hybridized carbons (Fsp3) is 0.417. The molecule has 0 aliphatic carbocycles. The maximum atomic E-state index is 13.0. The summed E-state index contributed by atoms with van der Waals surface area (Å²) in [5.41, 5.74) is 2.16. The van der Waals surface area contributed by atoms with E-state index in [2.05, 4.69) is 21.6 Å². The van der Waals surface area contributed by atoms with Crippen LogP contribution in [0, 0.1) is 5.92 Å². The van der Waals surface area contributed by atoms with Gasteiger partial charge in [0, 0.05) is 38.4 Å². The van der Waals surface area contributed by atoms with Crippen molar-refractivity contribution < 1.29 is 14.3 Å². The van der Waals surface area contributed by atoms with Crippen LogP contribution in [-0.2, 0) is 16.1 Å². The predicted molar refractivity (Wildman–Crippen MR) is 123 cm³/mol. The molecule has 1 unspecified atom stereocenters. The van der Waals surface area contributed by atoms with E-state index in [0.29, 0.717) is 30.9 Å². The summed E-state index contributed by atoms with van der Waals surface area (Å²) < 4.78 is 5.01. The molecule has 1 saturated heterocycles. The van der Waals surface area contributed by atoms with Gasteiger partial charge in [0.1, 0.15) is 0 Å². The summed E-state index contributed by atoms with van der Waals surface area (Å²) in [6.45, 7) is 3.52. The van der Waals surface area contributed by atoms with Crippen LogP contribution in [0.5, 0.6) is 0 Å². The Hall–Kier alpha value is -2.41. The molecule has 2 amide bonds. The summed E-state index contributed by atoms with van der Waals surface area (Å²) in [7, 11) is 1.63. The number of carbonyl (C=O) groups is 2. The van der Waals surface area contributed by atoms with Crippen LogP contribution >= 0.6 is 11.6 Å². The highest BCUT2D eigenvalue weighted by Crippen LogP contribution is 2.23. The molecule has 6 nitrogen and oxygen atoms in total. The zero-order chi connectivity index (χ0) is 22.1. The molecule has 2 N–H and O–H groups in total. The number of benzene rings is 2. The van der Waals surface area contributed by atoms with Crippen molar-refractivity contribution in [2.45, 2.75) is 25.8 Å². The van der Waals surface area contributed by atoms with E-state index < -0.39 is 0 Å². The first-order chi connectivity index (χ1) is 15.1. The molecule has 1 fully saturated rings. The first-order valence-electron chi connectivity index (χ1n) is 10.7. The van der Waals surface area contributed by atoms with Gasteiger partial charge in [-0.2, -0.15) is 0 Å². The number of methoxy groups -OCH3 is 1. The maximum Gasteiger partial charge on any atom is 0.253 e. The van der Waals surface area contributed by atoms with E-state index in [9.17, 15) is 9.59 Å². The number of likely N-dealkylation sites (tertiary alicyclic amines) is 1. The molecule has 7 heteroatoms. The normalized spacial score (nSPS) is 16.6. The van der Waals surface area contributed by atoms with Crippen molar-refractivity contribution in [3.8, 4) is 0 Å². The fourth-order valence-corrected chi connectivity index (χ4v) is 4.06. The van der Waals surface area contributed by atoms with Crippen molar-refractivity contribution in [1.29, 1.82) is 0 Å². The summed E-state index contributed by atoms with van der Waals surface area (Å²) in [5.74, 6) is -0.362. The van der Waals surface area contributed by atoms with E-state index in [0.717, 1.165) is 42.9 Å². The topological polar surface area (TPSA) is 70.7 Å². The Bertz CT molecular complexity index is 890. The van der Waals surface area contributed by atoms with Crippen LogP contribution in [-0.4, -0.2) is 50.1 Å². The number of ether oxygens (including phenoxy) is 1.